The fourth-order valence-corrected chi connectivity index (χ4v) is 8.15. The van der Waals surface area contributed by atoms with Crippen LogP contribution in [0, 0.1) is 17.2 Å². The molecule has 1 atom stereocenters. The number of rotatable bonds is 23. The number of hydrogen-bond donors (Lipinski definition) is 0. The van der Waals surface area contributed by atoms with E-state index in [9.17, 15) is 5.26 Å². The van der Waals surface area contributed by atoms with Crippen molar-refractivity contribution in [1.82, 2.24) is 0 Å². The second kappa shape index (κ2) is 21.2. The van der Waals surface area contributed by atoms with Gasteiger partial charge in [0.25, 0.3) is 0 Å². The first kappa shape index (κ1) is 36.1. The van der Waals surface area contributed by atoms with Gasteiger partial charge in [-0.1, -0.05) is 172 Å². The SMILES string of the molecule is CCCCCCCCCCCCC(CCCCCCCCCC)CN1c2ccccc2Sc2cc(-c3ccc(C#N)cc3)ccc21. The molecule has 0 saturated heterocycles. The summed E-state index contributed by atoms with van der Waals surface area (Å²) in [5.74, 6) is 0.719. The normalized spacial score (nSPS) is 12.8. The van der Waals surface area contributed by atoms with Gasteiger partial charge in [-0.15, -0.1) is 0 Å². The minimum absolute atomic E-state index is 0.709. The van der Waals surface area contributed by atoms with E-state index < -0.39 is 0 Å². The Kier molecular flexibility index (Phi) is 16.7. The molecule has 0 aromatic heterocycles. The van der Waals surface area contributed by atoms with Crippen molar-refractivity contribution in [1.29, 1.82) is 5.26 Å². The second-order valence-corrected chi connectivity index (χ2v) is 14.7. The number of fused-ring (bicyclic) bond motifs is 2. The van der Waals surface area contributed by atoms with Gasteiger partial charge in [-0.25, -0.2) is 0 Å². The number of nitrogens with zero attached hydrogens (tertiary/aromatic N) is 2. The summed E-state index contributed by atoms with van der Waals surface area (Å²) in [7, 11) is 0. The van der Waals surface area contributed by atoms with Crippen molar-refractivity contribution in [3.05, 3.63) is 72.3 Å². The van der Waals surface area contributed by atoms with Gasteiger partial charge in [0, 0.05) is 16.3 Å². The molecule has 0 N–H and O–H groups in total. The molecule has 1 aliphatic rings. The highest BCUT2D eigenvalue weighted by atomic mass is 32.2. The summed E-state index contributed by atoms with van der Waals surface area (Å²) in [6, 6.07) is 26.2. The van der Waals surface area contributed by atoms with Gasteiger partial charge in [-0.05, 0) is 66.3 Å². The Morgan fingerprint density at radius 3 is 1.63 bits per heavy atom. The summed E-state index contributed by atoms with van der Waals surface area (Å²) in [6.07, 6.45) is 27.8. The van der Waals surface area contributed by atoms with Crippen LogP contribution in [0.15, 0.2) is 76.5 Å². The average Bonchev–Trinajstić information content (AvgIpc) is 3.09. The van der Waals surface area contributed by atoms with Crippen molar-refractivity contribution in [3.63, 3.8) is 0 Å². The van der Waals surface area contributed by atoms with Crippen molar-refractivity contribution in [3.8, 4) is 17.2 Å². The van der Waals surface area contributed by atoms with Crippen LogP contribution in [0.3, 0.4) is 0 Å². The maximum atomic E-state index is 9.25. The van der Waals surface area contributed by atoms with Gasteiger partial charge in [-0.2, -0.15) is 5.26 Å². The van der Waals surface area contributed by atoms with Crippen LogP contribution in [0.25, 0.3) is 11.1 Å². The van der Waals surface area contributed by atoms with E-state index in [4.69, 9.17) is 0 Å². The van der Waals surface area contributed by atoms with E-state index >= 15 is 0 Å². The molecule has 1 heterocycles. The summed E-state index contributed by atoms with van der Waals surface area (Å²) >= 11 is 1.90. The Balaban J connectivity index is 1.40. The predicted octanol–water partition coefficient (Wildman–Crippen LogP) is 14.3. The molecule has 0 fully saturated rings. The highest BCUT2D eigenvalue weighted by Gasteiger charge is 2.26. The lowest BCUT2D eigenvalue weighted by atomic mass is 9.92. The number of benzene rings is 3. The van der Waals surface area contributed by atoms with Crippen LogP contribution < -0.4 is 4.90 Å². The number of anilines is 2. The van der Waals surface area contributed by atoms with E-state index in [-0.39, 0.29) is 0 Å². The molecular formula is C43H60N2S. The lowest BCUT2D eigenvalue weighted by Gasteiger charge is -2.36. The first-order valence-electron chi connectivity index (χ1n) is 18.9. The molecule has 0 bridgehead atoms. The number of hydrogen-bond acceptors (Lipinski definition) is 3. The third-order valence-corrected chi connectivity index (χ3v) is 11.0. The molecular weight excluding hydrogens is 577 g/mol. The zero-order valence-corrected chi connectivity index (χ0v) is 29.9. The lowest BCUT2D eigenvalue weighted by Crippen LogP contribution is -2.27. The summed E-state index contributed by atoms with van der Waals surface area (Å²) in [6.45, 7) is 5.72. The van der Waals surface area contributed by atoms with Crippen LogP contribution in [0.4, 0.5) is 11.4 Å². The molecule has 0 saturated carbocycles. The molecule has 4 rings (SSSR count). The van der Waals surface area contributed by atoms with E-state index in [0.29, 0.717) is 5.56 Å². The zero-order chi connectivity index (χ0) is 32.2. The van der Waals surface area contributed by atoms with E-state index in [0.717, 1.165) is 12.5 Å². The van der Waals surface area contributed by atoms with Gasteiger partial charge in [0.15, 0.2) is 0 Å². The van der Waals surface area contributed by atoms with Crippen LogP contribution in [0.1, 0.15) is 148 Å². The van der Waals surface area contributed by atoms with Gasteiger partial charge < -0.3 is 4.90 Å². The molecule has 46 heavy (non-hydrogen) atoms. The van der Waals surface area contributed by atoms with Crippen molar-refractivity contribution in [2.75, 3.05) is 11.4 Å². The third-order valence-electron chi connectivity index (χ3n) is 9.85. The average molecular weight is 637 g/mol. The molecule has 0 amide bonds. The van der Waals surface area contributed by atoms with Crippen LogP contribution in [0.5, 0.6) is 0 Å². The molecule has 0 aliphatic carbocycles. The van der Waals surface area contributed by atoms with Crippen LogP contribution in [-0.4, -0.2) is 6.54 Å². The monoisotopic (exact) mass is 636 g/mol. The molecule has 248 valence electrons. The predicted molar refractivity (Wildman–Crippen MR) is 201 cm³/mol. The van der Waals surface area contributed by atoms with Crippen LogP contribution in [0.2, 0.25) is 0 Å². The van der Waals surface area contributed by atoms with E-state index in [1.54, 1.807) is 0 Å². The smallest absolute Gasteiger partial charge is 0.0991 e. The van der Waals surface area contributed by atoms with Crippen molar-refractivity contribution in [2.24, 2.45) is 5.92 Å². The number of nitriles is 1. The standard InChI is InChI=1S/C43H60N2S/c1-3-5-7-9-11-13-14-16-18-20-24-37(23-19-17-15-12-10-8-6-4-2)35-45-40-25-21-22-26-42(40)46-43-33-39(31-32-41(43)45)38-29-27-36(34-44)28-30-38/h21-22,25-33,37H,3-20,23-24,35H2,1-2H3. The fourth-order valence-electron chi connectivity index (χ4n) is 7.02. The molecule has 3 aromatic rings. The lowest BCUT2D eigenvalue weighted by molar-refractivity contribution is 0.407. The zero-order valence-electron chi connectivity index (χ0n) is 29.1. The Morgan fingerprint density at radius 1 is 0.565 bits per heavy atom. The van der Waals surface area contributed by atoms with E-state index in [2.05, 4.69) is 79.4 Å². The van der Waals surface area contributed by atoms with Gasteiger partial charge in [-0.3, -0.25) is 0 Å². The quantitative estimate of drug-likeness (QED) is 0.0969. The molecule has 0 radical (unpaired) electrons. The minimum atomic E-state index is 0.709. The summed E-state index contributed by atoms with van der Waals surface area (Å²) in [5, 5.41) is 9.25. The molecule has 3 aromatic carbocycles. The maximum absolute atomic E-state index is 9.25. The molecule has 1 aliphatic heterocycles. The van der Waals surface area contributed by atoms with Crippen LogP contribution in [-0.2, 0) is 0 Å². The summed E-state index contributed by atoms with van der Waals surface area (Å²) in [4.78, 5) is 5.34. The Morgan fingerprint density at radius 2 is 1.07 bits per heavy atom. The summed E-state index contributed by atoms with van der Waals surface area (Å²) < 4.78 is 0. The fraction of sp³-hybridized carbons (Fsp3) is 0.558. The number of para-hydroxylation sites is 1. The topological polar surface area (TPSA) is 27.0 Å². The highest BCUT2D eigenvalue weighted by molar-refractivity contribution is 7.99. The molecule has 1 unspecified atom stereocenters. The van der Waals surface area contributed by atoms with E-state index in [1.807, 2.05) is 23.9 Å². The van der Waals surface area contributed by atoms with E-state index in [1.165, 1.54) is 161 Å². The highest BCUT2D eigenvalue weighted by Crippen LogP contribution is 2.49. The molecule has 3 heteroatoms. The Bertz CT molecular complexity index is 1310. The first-order valence-corrected chi connectivity index (χ1v) is 19.7. The van der Waals surface area contributed by atoms with Gasteiger partial charge in [0.1, 0.15) is 0 Å². The van der Waals surface area contributed by atoms with Crippen molar-refractivity contribution < 1.29 is 0 Å². The van der Waals surface area contributed by atoms with Crippen molar-refractivity contribution in [2.45, 2.75) is 152 Å². The third kappa shape index (κ3) is 11.8. The molecule has 0 spiro atoms. The first-order chi connectivity index (χ1) is 22.7. The summed E-state index contributed by atoms with van der Waals surface area (Å²) in [5.41, 5.74) is 5.82. The van der Waals surface area contributed by atoms with Gasteiger partial charge in [0.2, 0.25) is 0 Å². The van der Waals surface area contributed by atoms with Gasteiger partial charge >= 0.3 is 0 Å². The maximum Gasteiger partial charge on any atom is 0.0991 e. The van der Waals surface area contributed by atoms with Crippen molar-refractivity contribution >= 4 is 23.1 Å². The van der Waals surface area contributed by atoms with Crippen LogP contribution >= 0.6 is 11.8 Å². The Labute approximate surface area is 286 Å². The second-order valence-electron chi connectivity index (χ2n) is 13.7. The minimum Gasteiger partial charge on any atom is -0.339 e. The largest absolute Gasteiger partial charge is 0.339 e. The molecule has 2 nitrogen and oxygen atoms in total. The van der Waals surface area contributed by atoms with Gasteiger partial charge in [0.05, 0.1) is 23.0 Å². The Hall–Kier alpha value is -2.70. The number of unbranched alkanes of at least 4 members (excludes halogenated alkanes) is 16.